The summed E-state index contributed by atoms with van der Waals surface area (Å²) in [6, 6.07) is 1.76. The Morgan fingerprint density at radius 1 is 1.33 bits per heavy atom. The number of rotatable bonds is 6. The van der Waals surface area contributed by atoms with E-state index in [-0.39, 0.29) is 18.2 Å². The van der Waals surface area contributed by atoms with Crippen LogP contribution in [0.15, 0.2) is 22.2 Å². The first-order valence-corrected chi connectivity index (χ1v) is 8.41. The normalized spacial score (nSPS) is 10.6. The molecule has 21 heavy (non-hydrogen) atoms. The van der Waals surface area contributed by atoms with Gasteiger partial charge in [0.25, 0.3) is 5.91 Å². The number of thiazole rings is 1. The molecule has 2 heterocycles. The molecule has 0 atom stereocenters. The van der Waals surface area contributed by atoms with E-state index in [4.69, 9.17) is 0 Å². The van der Waals surface area contributed by atoms with Crippen molar-refractivity contribution in [2.24, 2.45) is 5.92 Å². The fourth-order valence-electron chi connectivity index (χ4n) is 1.55. The van der Waals surface area contributed by atoms with Gasteiger partial charge < -0.3 is 5.32 Å². The molecule has 0 unspecified atom stereocenters. The number of carbonyl (C=O) groups excluding carboxylic acids is 2. The number of thiophene rings is 1. The van der Waals surface area contributed by atoms with Gasteiger partial charge in [0.2, 0.25) is 5.91 Å². The summed E-state index contributed by atoms with van der Waals surface area (Å²) in [7, 11) is 0. The zero-order valence-electron chi connectivity index (χ0n) is 11.9. The Labute approximate surface area is 131 Å². The van der Waals surface area contributed by atoms with Gasteiger partial charge in [0.15, 0.2) is 5.13 Å². The van der Waals surface area contributed by atoms with Crippen LogP contribution in [0.5, 0.6) is 0 Å². The molecule has 0 saturated heterocycles. The van der Waals surface area contributed by atoms with Crippen LogP contribution in [0.3, 0.4) is 0 Å². The van der Waals surface area contributed by atoms with Gasteiger partial charge in [-0.25, -0.2) is 4.98 Å². The highest BCUT2D eigenvalue weighted by Gasteiger charge is 2.11. The van der Waals surface area contributed by atoms with Crippen molar-refractivity contribution in [3.8, 4) is 0 Å². The topological polar surface area (TPSA) is 71.1 Å². The predicted molar refractivity (Wildman–Crippen MR) is 85.9 cm³/mol. The number of anilines is 1. The van der Waals surface area contributed by atoms with Gasteiger partial charge in [-0.2, -0.15) is 11.3 Å². The standard InChI is InChI=1S/C14H17N3O2S2/c1-9(2)6-15-12(18)5-11-8-21-14(16-11)17-13(19)10-3-4-20-7-10/h3-4,7-9H,5-6H2,1-2H3,(H,15,18)(H,16,17,19). The maximum absolute atomic E-state index is 11.9. The van der Waals surface area contributed by atoms with Gasteiger partial charge >= 0.3 is 0 Å². The molecule has 2 aromatic heterocycles. The number of aromatic nitrogens is 1. The van der Waals surface area contributed by atoms with E-state index in [1.165, 1.54) is 22.7 Å². The van der Waals surface area contributed by atoms with E-state index in [1.54, 1.807) is 16.8 Å². The van der Waals surface area contributed by atoms with Crippen molar-refractivity contribution >= 4 is 39.6 Å². The number of carbonyl (C=O) groups is 2. The number of nitrogens with zero attached hydrogens (tertiary/aromatic N) is 1. The monoisotopic (exact) mass is 323 g/mol. The lowest BCUT2D eigenvalue weighted by Gasteiger charge is -2.06. The van der Waals surface area contributed by atoms with Crippen LogP contribution >= 0.6 is 22.7 Å². The van der Waals surface area contributed by atoms with E-state index < -0.39 is 0 Å². The summed E-state index contributed by atoms with van der Waals surface area (Å²) in [5.74, 6) is 0.191. The maximum Gasteiger partial charge on any atom is 0.258 e. The fourth-order valence-corrected chi connectivity index (χ4v) is 2.89. The van der Waals surface area contributed by atoms with Crippen molar-refractivity contribution in [1.82, 2.24) is 10.3 Å². The van der Waals surface area contributed by atoms with Gasteiger partial charge in [0.05, 0.1) is 17.7 Å². The Hall–Kier alpha value is -1.73. The minimum Gasteiger partial charge on any atom is -0.356 e. The van der Waals surface area contributed by atoms with Gasteiger partial charge in [-0.3, -0.25) is 14.9 Å². The SMILES string of the molecule is CC(C)CNC(=O)Cc1csc(NC(=O)c2ccsc2)n1. The third kappa shape index (κ3) is 4.95. The lowest BCUT2D eigenvalue weighted by molar-refractivity contribution is -0.120. The minimum absolute atomic E-state index is 0.0512. The lowest BCUT2D eigenvalue weighted by atomic mass is 10.2. The summed E-state index contributed by atoms with van der Waals surface area (Å²) in [6.45, 7) is 4.74. The molecule has 0 saturated carbocycles. The second-order valence-corrected chi connectivity index (χ2v) is 6.62. The lowest BCUT2D eigenvalue weighted by Crippen LogP contribution is -2.28. The smallest absolute Gasteiger partial charge is 0.258 e. The molecule has 0 aliphatic carbocycles. The summed E-state index contributed by atoms with van der Waals surface area (Å²) in [6.07, 6.45) is 0.234. The first-order chi connectivity index (χ1) is 10.0. The largest absolute Gasteiger partial charge is 0.356 e. The van der Waals surface area contributed by atoms with Crippen LogP contribution in [0.4, 0.5) is 5.13 Å². The number of hydrogen-bond acceptors (Lipinski definition) is 5. The highest BCUT2D eigenvalue weighted by atomic mass is 32.1. The molecule has 0 aromatic carbocycles. The zero-order chi connectivity index (χ0) is 15.2. The molecule has 0 aliphatic heterocycles. The van der Waals surface area contributed by atoms with Crippen LogP contribution in [-0.2, 0) is 11.2 Å². The first kappa shape index (κ1) is 15.7. The van der Waals surface area contributed by atoms with E-state index in [9.17, 15) is 9.59 Å². The van der Waals surface area contributed by atoms with Gasteiger partial charge in [0, 0.05) is 17.3 Å². The molecule has 0 radical (unpaired) electrons. The number of amides is 2. The summed E-state index contributed by atoms with van der Waals surface area (Å²) in [5.41, 5.74) is 1.29. The molecule has 0 spiro atoms. The van der Waals surface area contributed by atoms with Crippen LogP contribution in [0.1, 0.15) is 29.9 Å². The maximum atomic E-state index is 11.9. The summed E-state index contributed by atoms with van der Waals surface area (Å²) >= 11 is 2.79. The van der Waals surface area contributed by atoms with Gasteiger partial charge in [0.1, 0.15) is 0 Å². The van der Waals surface area contributed by atoms with Crippen molar-refractivity contribution in [2.45, 2.75) is 20.3 Å². The highest BCUT2D eigenvalue weighted by molar-refractivity contribution is 7.14. The van der Waals surface area contributed by atoms with Gasteiger partial charge in [-0.05, 0) is 17.4 Å². The van der Waals surface area contributed by atoms with Crippen molar-refractivity contribution in [2.75, 3.05) is 11.9 Å². The zero-order valence-corrected chi connectivity index (χ0v) is 13.5. The van der Waals surface area contributed by atoms with Crippen LogP contribution in [0.2, 0.25) is 0 Å². The van der Waals surface area contributed by atoms with E-state index in [0.717, 1.165) is 0 Å². The Kier molecular flexibility index (Phi) is 5.46. The average molecular weight is 323 g/mol. The molecule has 2 amide bonds. The molecule has 0 aliphatic rings. The second-order valence-electron chi connectivity index (χ2n) is 4.98. The molecule has 0 bridgehead atoms. The molecule has 2 aromatic rings. The van der Waals surface area contributed by atoms with E-state index in [0.29, 0.717) is 28.9 Å². The van der Waals surface area contributed by atoms with Crippen molar-refractivity contribution in [1.29, 1.82) is 0 Å². The van der Waals surface area contributed by atoms with Crippen LogP contribution in [-0.4, -0.2) is 23.3 Å². The van der Waals surface area contributed by atoms with E-state index in [1.807, 2.05) is 19.2 Å². The van der Waals surface area contributed by atoms with Gasteiger partial charge in [-0.1, -0.05) is 13.8 Å². The quantitative estimate of drug-likeness (QED) is 0.858. The van der Waals surface area contributed by atoms with Crippen molar-refractivity contribution in [3.05, 3.63) is 33.5 Å². The number of nitrogens with one attached hydrogen (secondary N) is 2. The predicted octanol–water partition coefficient (Wildman–Crippen LogP) is 2.77. The first-order valence-electron chi connectivity index (χ1n) is 6.59. The summed E-state index contributed by atoms with van der Waals surface area (Å²) in [4.78, 5) is 27.8. The van der Waals surface area contributed by atoms with Gasteiger partial charge in [-0.15, -0.1) is 11.3 Å². The molecule has 0 fully saturated rings. The molecular weight excluding hydrogens is 306 g/mol. The number of hydrogen-bond donors (Lipinski definition) is 2. The average Bonchev–Trinajstić information content (AvgIpc) is 3.08. The highest BCUT2D eigenvalue weighted by Crippen LogP contribution is 2.17. The Morgan fingerprint density at radius 2 is 2.14 bits per heavy atom. The van der Waals surface area contributed by atoms with Crippen LogP contribution < -0.4 is 10.6 Å². The molecule has 7 heteroatoms. The molecule has 2 N–H and O–H groups in total. The molecule has 2 rings (SSSR count). The van der Waals surface area contributed by atoms with E-state index in [2.05, 4.69) is 15.6 Å². The molecular formula is C14H17N3O2S2. The van der Waals surface area contributed by atoms with Crippen molar-refractivity contribution < 1.29 is 9.59 Å². The fraction of sp³-hybridized carbons (Fsp3) is 0.357. The minimum atomic E-state index is -0.179. The third-order valence-electron chi connectivity index (χ3n) is 2.60. The molecule has 5 nitrogen and oxygen atoms in total. The van der Waals surface area contributed by atoms with E-state index >= 15 is 0 Å². The Bertz CT molecular complexity index is 606. The van der Waals surface area contributed by atoms with Crippen molar-refractivity contribution in [3.63, 3.8) is 0 Å². The second kappa shape index (κ2) is 7.33. The summed E-state index contributed by atoms with van der Waals surface area (Å²) < 4.78 is 0. The van der Waals surface area contributed by atoms with Crippen LogP contribution in [0, 0.1) is 5.92 Å². The Morgan fingerprint density at radius 3 is 2.81 bits per heavy atom. The Balaban J connectivity index is 1.86. The third-order valence-corrected chi connectivity index (χ3v) is 4.09. The van der Waals surface area contributed by atoms with Crippen LogP contribution in [0.25, 0.3) is 0 Å². The molecule has 112 valence electrons. The summed E-state index contributed by atoms with van der Waals surface area (Å²) in [5, 5.41) is 11.5.